The van der Waals surface area contributed by atoms with Crippen LogP contribution in [0, 0.1) is 0 Å². The number of alkyl halides is 1. The lowest BCUT2D eigenvalue weighted by Crippen LogP contribution is -2.25. The molecule has 3 heteroatoms. The molecule has 0 saturated carbocycles. The molecule has 0 amide bonds. The molecule has 1 aromatic rings. The molecule has 1 aromatic carbocycles. The third-order valence-corrected chi connectivity index (χ3v) is 2.30. The van der Waals surface area contributed by atoms with E-state index in [0.29, 0.717) is 24.3 Å². The summed E-state index contributed by atoms with van der Waals surface area (Å²) in [5.74, 6) is 0.628. The molecule has 1 aliphatic rings. The average molecular weight is 181 g/mol. The molecule has 2 rings (SSSR count). The molecule has 0 fully saturated rings. The SMILES string of the molecule is NC1CCOc2ccccc2C1F. The van der Waals surface area contributed by atoms with E-state index in [1.165, 1.54) is 0 Å². The molecular weight excluding hydrogens is 169 g/mol. The summed E-state index contributed by atoms with van der Waals surface area (Å²) >= 11 is 0. The second-order valence-corrected chi connectivity index (χ2v) is 3.24. The van der Waals surface area contributed by atoms with E-state index in [4.69, 9.17) is 10.5 Å². The van der Waals surface area contributed by atoms with Gasteiger partial charge < -0.3 is 10.5 Å². The van der Waals surface area contributed by atoms with Crippen LogP contribution >= 0.6 is 0 Å². The van der Waals surface area contributed by atoms with Gasteiger partial charge in [-0.2, -0.15) is 0 Å². The molecule has 0 saturated heterocycles. The summed E-state index contributed by atoms with van der Waals surface area (Å²) < 4.78 is 19.0. The number of rotatable bonds is 0. The maximum Gasteiger partial charge on any atom is 0.144 e. The number of hydrogen-bond acceptors (Lipinski definition) is 2. The van der Waals surface area contributed by atoms with E-state index in [1.54, 1.807) is 18.2 Å². The largest absolute Gasteiger partial charge is 0.493 e. The highest BCUT2D eigenvalue weighted by molar-refractivity contribution is 5.36. The molecule has 0 radical (unpaired) electrons. The summed E-state index contributed by atoms with van der Waals surface area (Å²) in [6, 6.07) is 6.70. The number of para-hydroxylation sites is 1. The third kappa shape index (κ3) is 1.52. The highest BCUT2D eigenvalue weighted by Crippen LogP contribution is 2.32. The molecule has 1 aliphatic heterocycles. The Bertz CT molecular complexity index is 303. The van der Waals surface area contributed by atoms with Crippen molar-refractivity contribution in [2.75, 3.05) is 6.61 Å². The minimum absolute atomic E-state index is 0.441. The lowest BCUT2D eigenvalue weighted by atomic mass is 10.0. The topological polar surface area (TPSA) is 35.2 Å². The first-order chi connectivity index (χ1) is 6.29. The molecule has 2 nitrogen and oxygen atoms in total. The lowest BCUT2D eigenvalue weighted by Gasteiger charge is -2.12. The van der Waals surface area contributed by atoms with Gasteiger partial charge in [-0.15, -0.1) is 0 Å². The Kier molecular flexibility index (Phi) is 2.19. The predicted molar refractivity (Wildman–Crippen MR) is 48.4 cm³/mol. The van der Waals surface area contributed by atoms with Crippen LogP contribution in [0.5, 0.6) is 5.75 Å². The second kappa shape index (κ2) is 3.34. The average Bonchev–Trinajstić information content (AvgIpc) is 2.29. The van der Waals surface area contributed by atoms with Crippen LogP contribution in [-0.4, -0.2) is 12.6 Å². The van der Waals surface area contributed by atoms with E-state index < -0.39 is 12.2 Å². The van der Waals surface area contributed by atoms with Crippen molar-refractivity contribution < 1.29 is 9.13 Å². The van der Waals surface area contributed by atoms with Crippen molar-refractivity contribution in [1.82, 2.24) is 0 Å². The fraction of sp³-hybridized carbons (Fsp3) is 0.400. The molecular formula is C10H12FNO. The van der Waals surface area contributed by atoms with Gasteiger partial charge in [0.05, 0.1) is 6.61 Å². The molecule has 70 valence electrons. The van der Waals surface area contributed by atoms with Crippen molar-refractivity contribution in [3.05, 3.63) is 29.8 Å². The summed E-state index contributed by atoms with van der Waals surface area (Å²) in [6.45, 7) is 0.499. The quantitative estimate of drug-likeness (QED) is 0.662. The number of nitrogens with two attached hydrogens (primary N) is 1. The van der Waals surface area contributed by atoms with E-state index in [0.717, 1.165) is 0 Å². The minimum atomic E-state index is -1.10. The van der Waals surface area contributed by atoms with Crippen molar-refractivity contribution >= 4 is 0 Å². The van der Waals surface area contributed by atoms with Gasteiger partial charge in [0.2, 0.25) is 0 Å². The number of halogens is 1. The summed E-state index contributed by atoms with van der Waals surface area (Å²) in [4.78, 5) is 0. The number of hydrogen-bond donors (Lipinski definition) is 1. The van der Waals surface area contributed by atoms with Gasteiger partial charge in [0.25, 0.3) is 0 Å². The van der Waals surface area contributed by atoms with Crippen molar-refractivity contribution in [2.45, 2.75) is 18.6 Å². The summed E-state index contributed by atoms with van der Waals surface area (Å²) in [5, 5.41) is 0. The number of benzene rings is 1. The van der Waals surface area contributed by atoms with Gasteiger partial charge in [0.1, 0.15) is 11.9 Å². The van der Waals surface area contributed by atoms with Gasteiger partial charge in [0, 0.05) is 11.6 Å². The first-order valence-electron chi connectivity index (χ1n) is 4.40. The highest BCUT2D eigenvalue weighted by Gasteiger charge is 2.25. The van der Waals surface area contributed by atoms with Gasteiger partial charge in [-0.3, -0.25) is 0 Å². The van der Waals surface area contributed by atoms with E-state index in [-0.39, 0.29) is 0 Å². The molecule has 0 aromatic heterocycles. The zero-order valence-corrected chi connectivity index (χ0v) is 7.24. The number of fused-ring (bicyclic) bond motifs is 1. The molecule has 0 bridgehead atoms. The zero-order chi connectivity index (χ0) is 9.26. The van der Waals surface area contributed by atoms with E-state index >= 15 is 0 Å². The summed E-state index contributed by atoms with van der Waals surface area (Å²) in [5.41, 5.74) is 6.21. The Morgan fingerprint density at radius 2 is 2.15 bits per heavy atom. The van der Waals surface area contributed by atoms with Gasteiger partial charge in [0.15, 0.2) is 0 Å². The van der Waals surface area contributed by atoms with Crippen LogP contribution in [0.2, 0.25) is 0 Å². The molecule has 2 N–H and O–H groups in total. The van der Waals surface area contributed by atoms with Crippen LogP contribution < -0.4 is 10.5 Å². The predicted octanol–water partition coefficient (Wildman–Crippen LogP) is 1.81. The van der Waals surface area contributed by atoms with E-state index in [1.807, 2.05) is 6.07 Å². The molecule has 0 aliphatic carbocycles. The first-order valence-corrected chi connectivity index (χ1v) is 4.40. The third-order valence-electron chi connectivity index (χ3n) is 2.30. The maximum atomic E-state index is 13.6. The monoisotopic (exact) mass is 181 g/mol. The Labute approximate surface area is 76.5 Å². The minimum Gasteiger partial charge on any atom is -0.493 e. The smallest absolute Gasteiger partial charge is 0.144 e. The lowest BCUT2D eigenvalue weighted by molar-refractivity contribution is 0.268. The summed E-state index contributed by atoms with van der Waals surface area (Å²) in [7, 11) is 0. The fourth-order valence-electron chi connectivity index (χ4n) is 1.52. The van der Waals surface area contributed by atoms with Crippen molar-refractivity contribution in [1.29, 1.82) is 0 Å². The van der Waals surface area contributed by atoms with Crippen LogP contribution in [0.1, 0.15) is 18.2 Å². The van der Waals surface area contributed by atoms with Gasteiger partial charge in [-0.1, -0.05) is 18.2 Å². The van der Waals surface area contributed by atoms with E-state index in [2.05, 4.69) is 0 Å². The Morgan fingerprint density at radius 3 is 3.00 bits per heavy atom. The van der Waals surface area contributed by atoms with Crippen LogP contribution in [0.25, 0.3) is 0 Å². The Hall–Kier alpha value is -1.09. The summed E-state index contributed by atoms with van der Waals surface area (Å²) in [6.07, 6.45) is -0.533. The van der Waals surface area contributed by atoms with E-state index in [9.17, 15) is 4.39 Å². The van der Waals surface area contributed by atoms with Crippen molar-refractivity contribution in [3.8, 4) is 5.75 Å². The van der Waals surface area contributed by atoms with Crippen LogP contribution in [0.3, 0.4) is 0 Å². The van der Waals surface area contributed by atoms with Crippen LogP contribution in [-0.2, 0) is 0 Å². The maximum absolute atomic E-state index is 13.6. The van der Waals surface area contributed by atoms with Gasteiger partial charge in [-0.25, -0.2) is 4.39 Å². The number of ether oxygens (including phenoxy) is 1. The van der Waals surface area contributed by atoms with Gasteiger partial charge in [-0.05, 0) is 12.5 Å². The molecule has 0 spiro atoms. The molecule has 2 atom stereocenters. The van der Waals surface area contributed by atoms with Crippen LogP contribution in [0.15, 0.2) is 24.3 Å². The second-order valence-electron chi connectivity index (χ2n) is 3.24. The first kappa shape index (κ1) is 8.51. The van der Waals surface area contributed by atoms with Crippen molar-refractivity contribution in [3.63, 3.8) is 0 Å². The normalized spacial score (nSPS) is 27.2. The standard InChI is InChI=1S/C10H12FNO/c11-10-7-3-1-2-4-9(7)13-6-5-8(10)12/h1-4,8,10H,5-6,12H2. The fourth-order valence-corrected chi connectivity index (χ4v) is 1.52. The zero-order valence-electron chi connectivity index (χ0n) is 7.24. The Balaban J connectivity index is 2.40. The Morgan fingerprint density at radius 1 is 1.38 bits per heavy atom. The molecule has 13 heavy (non-hydrogen) atoms. The van der Waals surface area contributed by atoms with Crippen LogP contribution in [0.4, 0.5) is 4.39 Å². The van der Waals surface area contributed by atoms with Gasteiger partial charge >= 0.3 is 0 Å². The van der Waals surface area contributed by atoms with Crippen molar-refractivity contribution in [2.24, 2.45) is 5.73 Å². The molecule has 2 unspecified atom stereocenters. The molecule has 1 heterocycles. The highest BCUT2D eigenvalue weighted by atomic mass is 19.1.